The maximum Gasteiger partial charge on any atom is 0.272 e. The fraction of sp³-hybridized carbons (Fsp3) is 0.500. The average Bonchev–Trinajstić information content (AvgIpc) is 2.80. The molecule has 1 amide bonds. The van der Waals surface area contributed by atoms with E-state index in [-0.39, 0.29) is 11.9 Å². The molecular weight excluding hydrogens is 294 g/mol. The van der Waals surface area contributed by atoms with E-state index in [1.165, 1.54) is 25.7 Å². The van der Waals surface area contributed by atoms with E-state index in [1.54, 1.807) is 18.2 Å². The number of hydrogen-bond acceptors (Lipinski definition) is 6. The van der Waals surface area contributed by atoms with Crippen molar-refractivity contribution in [3.8, 4) is 0 Å². The Morgan fingerprint density at radius 2 is 1.91 bits per heavy atom. The summed E-state index contributed by atoms with van der Waals surface area (Å²) in [6, 6.07) is 5.38. The molecule has 0 radical (unpaired) electrons. The Bertz CT molecular complexity index is 645. The largest absolute Gasteiger partial charge is 0.360 e. The number of nitrogens with one attached hydrogen (secondary N) is 2. The van der Waals surface area contributed by atoms with Crippen LogP contribution in [0.5, 0.6) is 0 Å². The summed E-state index contributed by atoms with van der Waals surface area (Å²) in [5, 5.41) is 17.9. The van der Waals surface area contributed by atoms with Gasteiger partial charge in [-0.25, -0.2) is 0 Å². The number of aromatic nitrogens is 3. The van der Waals surface area contributed by atoms with Crippen LogP contribution in [-0.2, 0) is 0 Å². The topological polar surface area (TPSA) is 92.9 Å². The van der Waals surface area contributed by atoms with Crippen LogP contribution in [0.4, 0.5) is 11.6 Å². The lowest BCUT2D eigenvalue weighted by Gasteiger charge is -2.15. The zero-order valence-electron chi connectivity index (χ0n) is 13.2. The van der Waals surface area contributed by atoms with E-state index in [0.29, 0.717) is 23.1 Å². The molecule has 0 aromatic carbocycles. The summed E-state index contributed by atoms with van der Waals surface area (Å²) in [6.07, 6.45) is 6.96. The van der Waals surface area contributed by atoms with Gasteiger partial charge in [0.25, 0.3) is 5.91 Å². The monoisotopic (exact) mass is 315 g/mol. The van der Waals surface area contributed by atoms with E-state index in [2.05, 4.69) is 26.0 Å². The number of carbonyl (C=O) groups excluding carboxylic acids is 1. The number of amides is 1. The molecule has 2 N–H and O–H groups in total. The van der Waals surface area contributed by atoms with Gasteiger partial charge in [0.1, 0.15) is 5.76 Å². The van der Waals surface area contributed by atoms with Gasteiger partial charge in [0, 0.05) is 12.1 Å². The van der Waals surface area contributed by atoms with Crippen molar-refractivity contribution in [2.75, 3.05) is 5.32 Å². The molecule has 7 heteroatoms. The van der Waals surface area contributed by atoms with Gasteiger partial charge in [-0.1, -0.05) is 30.8 Å². The predicted octanol–water partition coefficient (Wildman–Crippen LogP) is 2.97. The highest BCUT2D eigenvalue weighted by molar-refractivity contribution is 5.92. The Kier molecular flexibility index (Phi) is 4.85. The summed E-state index contributed by atoms with van der Waals surface area (Å²) in [5.41, 5.74) is 0.330. The number of aryl methyl sites for hydroxylation is 1. The summed E-state index contributed by atoms with van der Waals surface area (Å²) in [6.45, 7) is 1.81. The fourth-order valence-corrected chi connectivity index (χ4v) is 2.76. The maximum atomic E-state index is 12.2. The molecule has 122 valence electrons. The lowest BCUT2D eigenvalue weighted by molar-refractivity contribution is 0.0927. The van der Waals surface area contributed by atoms with E-state index in [4.69, 9.17) is 4.52 Å². The van der Waals surface area contributed by atoms with Crippen LogP contribution >= 0.6 is 0 Å². The van der Waals surface area contributed by atoms with Gasteiger partial charge in [0.05, 0.1) is 0 Å². The minimum Gasteiger partial charge on any atom is -0.360 e. The second-order valence-corrected chi connectivity index (χ2v) is 5.91. The van der Waals surface area contributed by atoms with Crippen LogP contribution in [0.25, 0.3) is 0 Å². The summed E-state index contributed by atoms with van der Waals surface area (Å²) in [5.74, 6) is 1.63. The third-order valence-electron chi connectivity index (χ3n) is 3.97. The van der Waals surface area contributed by atoms with Gasteiger partial charge in [0.15, 0.2) is 17.3 Å². The molecular formula is C16H21N5O2. The summed E-state index contributed by atoms with van der Waals surface area (Å²) >= 11 is 0. The Labute approximate surface area is 134 Å². The third kappa shape index (κ3) is 4.28. The van der Waals surface area contributed by atoms with Crippen LogP contribution in [0, 0.1) is 6.92 Å². The number of nitrogens with zero attached hydrogens (tertiary/aromatic N) is 3. The Hall–Kier alpha value is -2.44. The van der Waals surface area contributed by atoms with Crippen molar-refractivity contribution in [1.29, 1.82) is 0 Å². The van der Waals surface area contributed by atoms with Crippen molar-refractivity contribution in [3.63, 3.8) is 0 Å². The highest BCUT2D eigenvalue weighted by Gasteiger charge is 2.17. The lowest BCUT2D eigenvalue weighted by Crippen LogP contribution is -2.35. The number of anilines is 2. The lowest BCUT2D eigenvalue weighted by atomic mass is 10.1. The molecule has 1 fully saturated rings. The van der Waals surface area contributed by atoms with Crippen molar-refractivity contribution >= 4 is 17.5 Å². The highest BCUT2D eigenvalue weighted by atomic mass is 16.5. The molecule has 0 aliphatic heterocycles. The van der Waals surface area contributed by atoms with Crippen molar-refractivity contribution in [2.24, 2.45) is 0 Å². The molecule has 1 saturated carbocycles. The molecule has 1 aliphatic carbocycles. The minimum absolute atomic E-state index is 0.159. The Balaban J connectivity index is 1.58. The fourth-order valence-electron chi connectivity index (χ4n) is 2.76. The minimum atomic E-state index is -0.159. The maximum absolute atomic E-state index is 12.2. The van der Waals surface area contributed by atoms with Crippen LogP contribution in [0.15, 0.2) is 22.7 Å². The van der Waals surface area contributed by atoms with Gasteiger partial charge < -0.3 is 15.2 Å². The van der Waals surface area contributed by atoms with Crippen molar-refractivity contribution in [1.82, 2.24) is 20.7 Å². The normalized spacial score (nSPS) is 15.9. The van der Waals surface area contributed by atoms with E-state index < -0.39 is 0 Å². The first kappa shape index (κ1) is 15.5. The van der Waals surface area contributed by atoms with Gasteiger partial charge >= 0.3 is 0 Å². The number of hydrogen-bond donors (Lipinski definition) is 2. The zero-order valence-corrected chi connectivity index (χ0v) is 13.2. The van der Waals surface area contributed by atoms with Crippen LogP contribution in [0.2, 0.25) is 0 Å². The second-order valence-electron chi connectivity index (χ2n) is 5.91. The molecule has 0 spiro atoms. The smallest absolute Gasteiger partial charge is 0.272 e. The number of rotatable bonds is 4. The summed E-state index contributed by atoms with van der Waals surface area (Å²) in [4.78, 5) is 12.2. The first-order chi connectivity index (χ1) is 11.2. The predicted molar refractivity (Wildman–Crippen MR) is 85.5 cm³/mol. The molecule has 0 bridgehead atoms. The van der Waals surface area contributed by atoms with Crippen molar-refractivity contribution < 1.29 is 9.32 Å². The summed E-state index contributed by atoms with van der Waals surface area (Å²) < 4.78 is 4.97. The van der Waals surface area contributed by atoms with Crippen LogP contribution in [-0.4, -0.2) is 27.3 Å². The Morgan fingerprint density at radius 3 is 2.52 bits per heavy atom. The molecule has 2 aromatic heterocycles. The van der Waals surface area contributed by atoms with E-state index in [1.807, 2.05) is 6.92 Å². The van der Waals surface area contributed by atoms with Crippen LogP contribution in [0.3, 0.4) is 0 Å². The standard InChI is InChI=1S/C16H21N5O2/c1-11-10-15(21-23-11)18-14-9-8-13(19-20-14)16(22)17-12-6-4-2-3-5-7-12/h8-10,12H,2-7H2,1H3,(H,17,22)(H,18,20,21). The number of carbonyl (C=O) groups is 1. The summed E-state index contributed by atoms with van der Waals surface area (Å²) in [7, 11) is 0. The SMILES string of the molecule is Cc1cc(Nc2ccc(C(=O)NC3CCCCCC3)nn2)no1. The molecule has 2 heterocycles. The van der Waals surface area contributed by atoms with Gasteiger partial charge in [0.2, 0.25) is 0 Å². The van der Waals surface area contributed by atoms with Crippen molar-refractivity contribution in [3.05, 3.63) is 29.7 Å². The van der Waals surface area contributed by atoms with Gasteiger partial charge in [-0.05, 0) is 31.9 Å². The Morgan fingerprint density at radius 1 is 1.13 bits per heavy atom. The quantitative estimate of drug-likeness (QED) is 0.843. The third-order valence-corrected chi connectivity index (χ3v) is 3.97. The first-order valence-electron chi connectivity index (χ1n) is 8.05. The molecule has 2 aromatic rings. The molecule has 3 rings (SSSR count). The van der Waals surface area contributed by atoms with Gasteiger partial charge in [-0.15, -0.1) is 10.2 Å². The van der Waals surface area contributed by atoms with Gasteiger partial charge in [-0.3, -0.25) is 4.79 Å². The zero-order chi connectivity index (χ0) is 16.1. The molecule has 0 unspecified atom stereocenters. The molecule has 0 saturated heterocycles. The van der Waals surface area contributed by atoms with Gasteiger partial charge in [-0.2, -0.15) is 0 Å². The van der Waals surface area contributed by atoms with E-state index >= 15 is 0 Å². The first-order valence-corrected chi connectivity index (χ1v) is 8.05. The molecule has 23 heavy (non-hydrogen) atoms. The molecule has 7 nitrogen and oxygen atoms in total. The van der Waals surface area contributed by atoms with E-state index in [9.17, 15) is 4.79 Å². The van der Waals surface area contributed by atoms with Crippen LogP contribution in [0.1, 0.15) is 54.8 Å². The van der Waals surface area contributed by atoms with Crippen molar-refractivity contribution in [2.45, 2.75) is 51.5 Å². The van der Waals surface area contributed by atoms with Crippen LogP contribution < -0.4 is 10.6 Å². The molecule has 1 aliphatic rings. The van der Waals surface area contributed by atoms with E-state index in [0.717, 1.165) is 12.8 Å². The second kappa shape index (κ2) is 7.21. The molecule has 0 atom stereocenters. The average molecular weight is 315 g/mol. The highest BCUT2D eigenvalue weighted by Crippen LogP contribution is 2.18.